The first-order valence-electron chi connectivity index (χ1n) is 6.62. The van der Waals surface area contributed by atoms with E-state index in [0.29, 0.717) is 18.6 Å². The molecular formula is C13H28N2O. The van der Waals surface area contributed by atoms with Crippen LogP contribution in [0.4, 0.5) is 0 Å². The summed E-state index contributed by atoms with van der Waals surface area (Å²) in [5.41, 5.74) is 0.199. The standard InChI is InChI=1S/C13H28N2O/c1-13(2,3)15-9-8-14-12-7-5-4-6-11(12)10-16/h11-12,14-16H,4-10H2,1-3H3. The largest absolute Gasteiger partial charge is 0.396 e. The maximum absolute atomic E-state index is 9.29. The Labute approximate surface area is 100 Å². The van der Waals surface area contributed by atoms with Crippen molar-refractivity contribution in [3.05, 3.63) is 0 Å². The molecule has 0 radical (unpaired) electrons. The van der Waals surface area contributed by atoms with E-state index >= 15 is 0 Å². The molecule has 96 valence electrons. The highest BCUT2D eigenvalue weighted by molar-refractivity contribution is 4.81. The first-order chi connectivity index (χ1) is 7.53. The van der Waals surface area contributed by atoms with Crippen molar-refractivity contribution in [2.24, 2.45) is 5.92 Å². The van der Waals surface area contributed by atoms with Gasteiger partial charge in [0.15, 0.2) is 0 Å². The lowest BCUT2D eigenvalue weighted by atomic mass is 9.85. The normalized spacial score (nSPS) is 27.0. The average Bonchev–Trinajstić information content (AvgIpc) is 2.23. The van der Waals surface area contributed by atoms with Gasteiger partial charge in [-0.3, -0.25) is 0 Å². The molecule has 1 rings (SSSR count). The van der Waals surface area contributed by atoms with Crippen molar-refractivity contribution in [2.45, 2.75) is 58.0 Å². The molecule has 3 nitrogen and oxygen atoms in total. The van der Waals surface area contributed by atoms with Crippen LogP contribution in [0.3, 0.4) is 0 Å². The minimum Gasteiger partial charge on any atom is -0.396 e. The molecule has 0 amide bonds. The molecule has 16 heavy (non-hydrogen) atoms. The van der Waals surface area contributed by atoms with Crippen LogP contribution >= 0.6 is 0 Å². The molecule has 1 saturated carbocycles. The second-order valence-corrected chi connectivity index (χ2v) is 5.96. The highest BCUT2D eigenvalue weighted by atomic mass is 16.3. The third-order valence-electron chi connectivity index (χ3n) is 3.33. The van der Waals surface area contributed by atoms with E-state index in [-0.39, 0.29) is 5.54 Å². The summed E-state index contributed by atoms with van der Waals surface area (Å²) in [6.45, 7) is 8.89. The molecule has 1 aliphatic rings. The zero-order valence-electron chi connectivity index (χ0n) is 11.1. The minimum atomic E-state index is 0.199. The third kappa shape index (κ3) is 5.28. The van der Waals surface area contributed by atoms with Crippen LogP contribution in [-0.2, 0) is 0 Å². The summed E-state index contributed by atoms with van der Waals surface area (Å²) in [5, 5.41) is 16.3. The molecule has 3 heteroatoms. The number of rotatable bonds is 5. The van der Waals surface area contributed by atoms with Gasteiger partial charge < -0.3 is 15.7 Å². The monoisotopic (exact) mass is 228 g/mol. The molecule has 0 spiro atoms. The topological polar surface area (TPSA) is 44.3 Å². The van der Waals surface area contributed by atoms with E-state index in [9.17, 15) is 5.11 Å². The van der Waals surface area contributed by atoms with E-state index in [4.69, 9.17) is 0 Å². The summed E-state index contributed by atoms with van der Waals surface area (Å²) in [4.78, 5) is 0. The fraction of sp³-hybridized carbons (Fsp3) is 1.00. The molecule has 3 N–H and O–H groups in total. The van der Waals surface area contributed by atoms with Crippen molar-refractivity contribution in [1.82, 2.24) is 10.6 Å². The number of nitrogens with one attached hydrogen (secondary N) is 2. The van der Waals surface area contributed by atoms with Crippen molar-refractivity contribution in [3.8, 4) is 0 Å². The van der Waals surface area contributed by atoms with Crippen LogP contribution in [0.5, 0.6) is 0 Å². The summed E-state index contributed by atoms with van der Waals surface area (Å²) in [5.74, 6) is 0.475. The highest BCUT2D eigenvalue weighted by Gasteiger charge is 2.23. The molecular weight excluding hydrogens is 200 g/mol. The maximum atomic E-state index is 9.29. The summed E-state index contributed by atoms with van der Waals surface area (Å²) in [6.07, 6.45) is 4.99. The molecule has 0 aromatic carbocycles. The molecule has 0 saturated heterocycles. The number of aliphatic hydroxyl groups is 1. The van der Waals surface area contributed by atoms with Gasteiger partial charge in [0.2, 0.25) is 0 Å². The smallest absolute Gasteiger partial charge is 0.0474 e. The minimum absolute atomic E-state index is 0.199. The zero-order valence-corrected chi connectivity index (χ0v) is 11.1. The second-order valence-electron chi connectivity index (χ2n) is 5.96. The Bertz CT molecular complexity index is 189. The van der Waals surface area contributed by atoms with Gasteiger partial charge >= 0.3 is 0 Å². The van der Waals surface area contributed by atoms with Crippen LogP contribution in [0.25, 0.3) is 0 Å². The Morgan fingerprint density at radius 1 is 1.12 bits per heavy atom. The van der Waals surface area contributed by atoms with Crippen LogP contribution < -0.4 is 10.6 Å². The van der Waals surface area contributed by atoms with E-state index in [1.54, 1.807) is 0 Å². The van der Waals surface area contributed by atoms with Crippen LogP contribution in [0.1, 0.15) is 46.5 Å². The van der Waals surface area contributed by atoms with Gasteiger partial charge in [-0.25, -0.2) is 0 Å². The predicted molar refractivity (Wildman–Crippen MR) is 68.6 cm³/mol. The fourth-order valence-electron chi connectivity index (χ4n) is 2.39. The SMILES string of the molecule is CC(C)(C)NCCNC1CCCCC1CO. The molecule has 0 bridgehead atoms. The summed E-state index contributed by atoms with van der Waals surface area (Å²) >= 11 is 0. The molecule has 1 fully saturated rings. The summed E-state index contributed by atoms with van der Waals surface area (Å²) in [6, 6.07) is 0.528. The number of hydrogen-bond donors (Lipinski definition) is 3. The third-order valence-corrected chi connectivity index (χ3v) is 3.33. The number of hydrogen-bond acceptors (Lipinski definition) is 3. The first-order valence-corrected chi connectivity index (χ1v) is 6.62. The van der Waals surface area contributed by atoms with Gasteiger partial charge in [-0.2, -0.15) is 0 Å². The lowest BCUT2D eigenvalue weighted by molar-refractivity contribution is 0.153. The Kier molecular flexibility index (Phi) is 5.73. The van der Waals surface area contributed by atoms with Gasteiger partial charge in [0, 0.05) is 31.3 Å². The van der Waals surface area contributed by atoms with E-state index in [0.717, 1.165) is 13.1 Å². The maximum Gasteiger partial charge on any atom is 0.0474 e. The van der Waals surface area contributed by atoms with E-state index in [1.165, 1.54) is 25.7 Å². The molecule has 1 aliphatic carbocycles. The van der Waals surface area contributed by atoms with Gasteiger partial charge in [-0.05, 0) is 39.5 Å². The van der Waals surface area contributed by atoms with Gasteiger partial charge in [0.25, 0.3) is 0 Å². The molecule has 0 aromatic rings. The van der Waals surface area contributed by atoms with Gasteiger partial charge in [-0.15, -0.1) is 0 Å². The highest BCUT2D eigenvalue weighted by Crippen LogP contribution is 2.23. The first kappa shape index (κ1) is 13.9. The Morgan fingerprint density at radius 2 is 1.81 bits per heavy atom. The Hall–Kier alpha value is -0.120. The van der Waals surface area contributed by atoms with Gasteiger partial charge in [-0.1, -0.05) is 12.8 Å². The molecule has 0 aromatic heterocycles. The zero-order chi connectivity index (χ0) is 12.0. The molecule has 2 atom stereocenters. The molecule has 0 aliphatic heterocycles. The Morgan fingerprint density at radius 3 is 2.44 bits per heavy atom. The van der Waals surface area contributed by atoms with Crippen molar-refractivity contribution in [2.75, 3.05) is 19.7 Å². The fourth-order valence-corrected chi connectivity index (χ4v) is 2.39. The quantitative estimate of drug-likeness (QED) is 0.625. The Balaban J connectivity index is 2.15. The van der Waals surface area contributed by atoms with Crippen LogP contribution in [0.15, 0.2) is 0 Å². The van der Waals surface area contributed by atoms with E-state index < -0.39 is 0 Å². The van der Waals surface area contributed by atoms with Crippen LogP contribution in [-0.4, -0.2) is 36.4 Å². The summed E-state index contributed by atoms with van der Waals surface area (Å²) < 4.78 is 0. The van der Waals surface area contributed by atoms with Crippen LogP contribution in [0.2, 0.25) is 0 Å². The van der Waals surface area contributed by atoms with Crippen molar-refractivity contribution in [1.29, 1.82) is 0 Å². The van der Waals surface area contributed by atoms with Gasteiger partial charge in [0.1, 0.15) is 0 Å². The van der Waals surface area contributed by atoms with Crippen molar-refractivity contribution >= 4 is 0 Å². The van der Waals surface area contributed by atoms with E-state index in [2.05, 4.69) is 31.4 Å². The number of aliphatic hydroxyl groups excluding tert-OH is 1. The molecule has 0 heterocycles. The van der Waals surface area contributed by atoms with E-state index in [1.807, 2.05) is 0 Å². The van der Waals surface area contributed by atoms with Crippen molar-refractivity contribution < 1.29 is 5.11 Å². The average molecular weight is 228 g/mol. The van der Waals surface area contributed by atoms with Crippen molar-refractivity contribution in [3.63, 3.8) is 0 Å². The lowest BCUT2D eigenvalue weighted by Crippen LogP contribution is -2.45. The predicted octanol–water partition coefficient (Wildman–Crippen LogP) is 1.52. The lowest BCUT2D eigenvalue weighted by Gasteiger charge is -2.31. The van der Waals surface area contributed by atoms with Crippen LogP contribution in [0, 0.1) is 5.92 Å². The molecule has 2 unspecified atom stereocenters. The summed E-state index contributed by atoms with van der Waals surface area (Å²) in [7, 11) is 0. The van der Waals surface area contributed by atoms with Gasteiger partial charge in [0.05, 0.1) is 0 Å². The second kappa shape index (κ2) is 6.58.